The summed E-state index contributed by atoms with van der Waals surface area (Å²) in [5, 5.41) is 20.2. The molecule has 0 aromatic heterocycles. The number of aliphatic hydroxyl groups is 2. The highest BCUT2D eigenvalue weighted by Gasteiger charge is 2.15. The van der Waals surface area contributed by atoms with Gasteiger partial charge >= 0.3 is 10.3 Å². The molecule has 1 aromatic carbocycles. The average molecular weight is 383 g/mol. The first-order chi connectivity index (χ1) is 11.1. The van der Waals surface area contributed by atoms with Gasteiger partial charge in [0.2, 0.25) is 0 Å². The molecule has 0 bridgehead atoms. The second-order valence-corrected chi connectivity index (χ2v) is 7.22. The molecule has 1 aromatic rings. The maximum atomic E-state index is 10.5. The Morgan fingerprint density at radius 3 is 2.50 bits per heavy atom. The van der Waals surface area contributed by atoms with Crippen LogP contribution in [0.5, 0.6) is 5.75 Å². The van der Waals surface area contributed by atoms with Gasteiger partial charge in [0.25, 0.3) is 0 Å². The van der Waals surface area contributed by atoms with E-state index >= 15 is 0 Å². The van der Waals surface area contributed by atoms with Crippen molar-refractivity contribution in [3.8, 4) is 5.75 Å². The van der Waals surface area contributed by atoms with E-state index in [9.17, 15) is 18.6 Å². The third-order valence-electron chi connectivity index (χ3n) is 3.12. The van der Waals surface area contributed by atoms with E-state index in [1.165, 1.54) is 0 Å². The van der Waals surface area contributed by atoms with Gasteiger partial charge in [-0.05, 0) is 37.7 Å². The van der Waals surface area contributed by atoms with E-state index in [0.717, 1.165) is 5.56 Å². The van der Waals surface area contributed by atoms with E-state index in [2.05, 4.69) is 0 Å². The highest BCUT2D eigenvalue weighted by molar-refractivity contribution is 7.83. The van der Waals surface area contributed by atoms with Crippen molar-refractivity contribution in [2.24, 2.45) is 0 Å². The molecule has 0 aliphatic heterocycles. The Morgan fingerprint density at radius 1 is 1.29 bits per heavy atom. The standard InChI is InChI=1S/C14H23ClN2O6S/c1-10-5-13(3-4-14(10)15)23-9-12(19)8-17(2)7-11(18)6-16-24(20,21)22/h3-5,11-12,16,18-19H,6-9H2,1-2H3,(H,20,21,22)/t11-,12+/m1/s1. The van der Waals surface area contributed by atoms with Crippen molar-refractivity contribution in [1.29, 1.82) is 0 Å². The molecular formula is C14H23ClN2O6S. The molecule has 0 unspecified atom stereocenters. The normalized spacial score (nSPS) is 14.6. The van der Waals surface area contributed by atoms with Crippen LogP contribution < -0.4 is 9.46 Å². The first kappa shape index (κ1) is 21.1. The van der Waals surface area contributed by atoms with Gasteiger partial charge in [-0.15, -0.1) is 0 Å². The van der Waals surface area contributed by atoms with E-state index in [0.29, 0.717) is 10.8 Å². The Kier molecular flexibility index (Phi) is 8.37. The maximum absolute atomic E-state index is 10.5. The van der Waals surface area contributed by atoms with Crippen LogP contribution in [0.3, 0.4) is 0 Å². The summed E-state index contributed by atoms with van der Waals surface area (Å²) in [6.07, 6.45) is -1.82. The van der Waals surface area contributed by atoms with Gasteiger partial charge in [0.05, 0.1) is 6.10 Å². The molecule has 24 heavy (non-hydrogen) atoms. The van der Waals surface area contributed by atoms with Gasteiger partial charge in [0.15, 0.2) is 0 Å². The number of aryl methyl sites for hydroxylation is 1. The molecule has 4 N–H and O–H groups in total. The van der Waals surface area contributed by atoms with Gasteiger partial charge in [-0.3, -0.25) is 4.55 Å². The van der Waals surface area contributed by atoms with Crippen molar-refractivity contribution in [1.82, 2.24) is 9.62 Å². The number of hydrogen-bond acceptors (Lipinski definition) is 6. The Morgan fingerprint density at radius 2 is 1.92 bits per heavy atom. The van der Waals surface area contributed by atoms with Crippen LogP contribution in [0.4, 0.5) is 0 Å². The Hall–Kier alpha value is -0.940. The van der Waals surface area contributed by atoms with E-state index in [1.54, 1.807) is 34.9 Å². The zero-order valence-corrected chi connectivity index (χ0v) is 15.1. The Balaban J connectivity index is 2.33. The van der Waals surface area contributed by atoms with Crippen molar-refractivity contribution >= 4 is 21.9 Å². The lowest BCUT2D eigenvalue weighted by Gasteiger charge is -2.23. The predicted octanol–water partition coefficient (Wildman–Crippen LogP) is 0.0732. The topological polar surface area (TPSA) is 119 Å². The molecule has 0 aliphatic carbocycles. The predicted molar refractivity (Wildman–Crippen MR) is 90.7 cm³/mol. The van der Waals surface area contributed by atoms with Gasteiger partial charge in [-0.1, -0.05) is 11.6 Å². The van der Waals surface area contributed by atoms with Crippen molar-refractivity contribution in [3.63, 3.8) is 0 Å². The lowest BCUT2D eigenvalue weighted by molar-refractivity contribution is 0.0571. The van der Waals surface area contributed by atoms with Crippen LogP contribution in [0, 0.1) is 6.92 Å². The van der Waals surface area contributed by atoms with Gasteiger partial charge in [0, 0.05) is 24.7 Å². The summed E-state index contributed by atoms with van der Waals surface area (Å²) in [6, 6.07) is 5.18. The molecule has 138 valence electrons. The van der Waals surface area contributed by atoms with Gasteiger partial charge < -0.3 is 19.8 Å². The maximum Gasteiger partial charge on any atom is 0.333 e. The van der Waals surface area contributed by atoms with E-state index in [4.69, 9.17) is 20.9 Å². The number of aliphatic hydroxyl groups excluding tert-OH is 2. The van der Waals surface area contributed by atoms with Crippen LogP contribution in [-0.2, 0) is 10.3 Å². The molecule has 0 saturated heterocycles. The smallest absolute Gasteiger partial charge is 0.333 e. The molecule has 2 atom stereocenters. The van der Waals surface area contributed by atoms with Crippen LogP contribution >= 0.6 is 11.6 Å². The largest absolute Gasteiger partial charge is 0.491 e. The monoisotopic (exact) mass is 382 g/mol. The second kappa shape index (κ2) is 9.52. The summed E-state index contributed by atoms with van der Waals surface area (Å²) in [5.74, 6) is 0.594. The van der Waals surface area contributed by atoms with Gasteiger partial charge in [-0.25, -0.2) is 0 Å². The van der Waals surface area contributed by atoms with Gasteiger partial charge in [-0.2, -0.15) is 13.1 Å². The molecule has 0 radical (unpaired) electrons. The van der Waals surface area contributed by atoms with Crippen LogP contribution in [0.15, 0.2) is 18.2 Å². The van der Waals surface area contributed by atoms with Crippen molar-refractivity contribution in [2.45, 2.75) is 19.1 Å². The lowest BCUT2D eigenvalue weighted by Crippen LogP contribution is -2.41. The Labute approximate surface area is 146 Å². The highest BCUT2D eigenvalue weighted by atomic mass is 35.5. The molecule has 0 amide bonds. The van der Waals surface area contributed by atoms with Crippen molar-refractivity contribution in [3.05, 3.63) is 28.8 Å². The number of ether oxygens (including phenoxy) is 1. The van der Waals surface area contributed by atoms with Crippen LogP contribution in [0.2, 0.25) is 5.02 Å². The lowest BCUT2D eigenvalue weighted by atomic mass is 10.2. The minimum absolute atomic E-state index is 0.0603. The van der Waals surface area contributed by atoms with Crippen molar-refractivity contribution in [2.75, 3.05) is 33.3 Å². The molecule has 0 saturated carbocycles. The number of nitrogens with one attached hydrogen (secondary N) is 1. The van der Waals surface area contributed by atoms with Crippen LogP contribution in [-0.4, -0.2) is 73.6 Å². The number of halogens is 1. The molecule has 1 rings (SSSR count). The zero-order chi connectivity index (χ0) is 18.3. The first-order valence-electron chi connectivity index (χ1n) is 7.22. The number of hydrogen-bond donors (Lipinski definition) is 4. The molecule has 0 spiro atoms. The number of benzene rings is 1. The van der Waals surface area contributed by atoms with E-state index < -0.39 is 22.5 Å². The molecule has 8 nitrogen and oxygen atoms in total. The SMILES string of the molecule is Cc1cc(OC[C@@H](O)CN(C)C[C@H](O)CNS(=O)(=O)O)ccc1Cl. The fourth-order valence-electron chi connectivity index (χ4n) is 2.01. The summed E-state index contributed by atoms with van der Waals surface area (Å²) in [7, 11) is -2.67. The van der Waals surface area contributed by atoms with E-state index in [-0.39, 0.29) is 26.2 Å². The minimum atomic E-state index is -4.33. The molecule has 0 fully saturated rings. The Bertz CT molecular complexity index is 628. The highest BCUT2D eigenvalue weighted by Crippen LogP contribution is 2.21. The second-order valence-electron chi connectivity index (χ2n) is 5.57. The number of rotatable bonds is 10. The summed E-state index contributed by atoms with van der Waals surface area (Å²) >= 11 is 5.92. The summed E-state index contributed by atoms with van der Waals surface area (Å²) < 4.78 is 36.8. The summed E-state index contributed by atoms with van der Waals surface area (Å²) in [5.41, 5.74) is 0.871. The molecule has 10 heteroatoms. The number of likely N-dealkylation sites (N-methyl/N-ethyl adjacent to an activating group) is 1. The fraction of sp³-hybridized carbons (Fsp3) is 0.571. The number of nitrogens with zero attached hydrogens (tertiary/aromatic N) is 1. The third-order valence-corrected chi connectivity index (χ3v) is 4.07. The minimum Gasteiger partial charge on any atom is -0.491 e. The molecular weight excluding hydrogens is 360 g/mol. The quantitative estimate of drug-likeness (QED) is 0.423. The van der Waals surface area contributed by atoms with Crippen LogP contribution in [0.1, 0.15) is 5.56 Å². The fourth-order valence-corrected chi connectivity index (χ4v) is 2.53. The molecule has 0 aliphatic rings. The summed E-state index contributed by atoms with van der Waals surface area (Å²) in [6.45, 7) is 1.92. The van der Waals surface area contributed by atoms with E-state index in [1.807, 2.05) is 6.92 Å². The van der Waals surface area contributed by atoms with Crippen LogP contribution in [0.25, 0.3) is 0 Å². The zero-order valence-electron chi connectivity index (χ0n) is 13.5. The third kappa shape index (κ3) is 8.78. The molecule has 0 heterocycles. The van der Waals surface area contributed by atoms with Crippen molar-refractivity contribution < 1.29 is 27.9 Å². The average Bonchev–Trinajstić information content (AvgIpc) is 2.45. The first-order valence-corrected chi connectivity index (χ1v) is 9.04. The van der Waals surface area contributed by atoms with Gasteiger partial charge in [0.1, 0.15) is 18.5 Å². The summed E-state index contributed by atoms with van der Waals surface area (Å²) in [4.78, 5) is 1.62.